The van der Waals surface area contributed by atoms with E-state index in [1.807, 2.05) is 103 Å². The summed E-state index contributed by atoms with van der Waals surface area (Å²) in [6.07, 6.45) is 1.58. The third-order valence-corrected chi connectivity index (χ3v) is 7.55. The number of rotatable bonds is 9. The van der Waals surface area contributed by atoms with E-state index in [0.717, 1.165) is 44.8 Å². The lowest BCUT2D eigenvalue weighted by Crippen LogP contribution is -2.18. The SMILES string of the molecule is Cc1ccccc1-n1nc(C(=O)N/N=C\c2ccc(OCc3ccccc3Cl)cc2)cc1-c1ccc(-c2ccccc2)cc1. The van der Waals surface area contributed by atoms with Crippen LogP contribution in [0.15, 0.2) is 139 Å². The number of benzene rings is 5. The van der Waals surface area contributed by atoms with E-state index in [4.69, 9.17) is 21.4 Å². The van der Waals surface area contributed by atoms with Crippen LogP contribution in [0.5, 0.6) is 5.75 Å². The minimum atomic E-state index is -0.407. The van der Waals surface area contributed by atoms with E-state index in [2.05, 4.69) is 46.9 Å². The van der Waals surface area contributed by atoms with Crippen LogP contribution in [0.1, 0.15) is 27.2 Å². The minimum Gasteiger partial charge on any atom is -0.489 e. The van der Waals surface area contributed by atoms with Crippen LogP contribution >= 0.6 is 11.6 Å². The normalized spacial score (nSPS) is 11.0. The van der Waals surface area contributed by atoms with Crippen LogP contribution < -0.4 is 10.2 Å². The third kappa shape index (κ3) is 6.61. The lowest BCUT2D eigenvalue weighted by Gasteiger charge is -2.11. The van der Waals surface area contributed by atoms with Crippen LogP contribution in [0.25, 0.3) is 28.1 Å². The highest BCUT2D eigenvalue weighted by Crippen LogP contribution is 2.28. The van der Waals surface area contributed by atoms with Gasteiger partial charge in [0.15, 0.2) is 5.69 Å². The van der Waals surface area contributed by atoms with Gasteiger partial charge in [-0.25, -0.2) is 10.1 Å². The molecule has 0 fully saturated rings. The molecule has 0 aliphatic rings. The highest BCUT2D eigenvalue weighted by molar-refractivity contribution is 6.31. The molecule has 6 rings (SSSR count). The van der Waals surface area contributed by atoms with Crippen molar-refractivity contribution in [2.24, 2.45) is 5.10 Å². The molecule has 1 amide bonds. The number of carbonyl (C=O) groups is 1. The van der Waals surface area contributed by atoms with Crippen molar-refractivity contribution >= 4 is 23.7 Å². The maximum atomic E-state index is 13.2. The summed E-state index contributed by atoms with van der Waals surface area (Å²) in [6, 6.07) is 43.2. The fraction of sp³-hybridized carbons (Fsp3) is 0.0541. The maximum Gasteiger partial charge on any atom is 0.291 e. The molecule has 6 nitrogen and oxygen atoms in total. The summed E-state index contributed by atoms with van der Waals surface area (Å²) < 4.78 is 7.66. The Morgan fingerprint density at radius 1 is 0.818 bits per heavy atom. The standard InChI is InChI=1S/C37H29ClN4O2/c1-26-9-5-8-14-35(26)42-36(30-19-17-29(18-20-30)28-10-3-2-4-11-28)23-34(41-42)37(43)40-39-24-27-15-21-32(22-16-27)44-25-31-12-6-7-13-33(31)38/h2-24H,25H2,1H3,(H,40,43)/b39-24-. The van der Waals surface area contributed by atoms with Gasteiger partial charge in [0.1, 0.15) is 12.4 Å². The first-order valence-electron chi connectivity index (χ1n) is 14.2. The first kappa shape index (κ1) is 28.6. The number of ether oxygens (including phenoxy) is 1. The Labute approximate surface area is 261 Å². The number of amides is 1. The molecule has 1 aromatic heterocycles. The van der Waals surface area contributed by atoms with E-state index in [-0.39, 0.29) is 5.69 Å². The average molecular weight is 597 g/mol. The second kappa shape index (κ2) is 13.2. The lowest BCUT2D eigenvalue weighted by molar-refractivity contribution is 0.0949. The summed E-state index contributed by atoms with van der Waals surface area (Å²) in [5.74, 6) is 0.299. The Kier molecular flexibility index (Phi) is 8.62. The zero-order valence-electron chi connectivity index (χ0n) is 24.0. The van der Waals surface area contributed by atoms with Gasteiger partial charge in [-0.3, -0.25) is 4.79 Å². The Morgan fingerprint density at radius 3 is 2.23 bits per heavy atom. The largest absolute Gasteiger partial charge is 0.489 e. The van der Waals surface area contributed by atoms with Crippen molar-refractivity contribution in [1.82, 2.24) is 15.2 Å². The fourth-order valence-electron chi connectivity index (χ4n) is 4.80. The number of aryl methyl sites for hydroxylation is 1. The zero-order valence-corrected chi connectivity index (χ0v) is 24.8. The van der Waals surface area contributed by atoms with Gasteiger partial charge in [0.2, 0.25) is 0 Å². The molecule has 1 heterocycles. The van der Waals surface area contributed by atoms with Crippen LogP contribution in [0, 0.1) is 6.92 Å². The second-order valence-electron chi connectivity index (χ2n) is 10.2. The number of aromatic nitrogens is 2. The number of nitrogens with one attached hydrogen (secondary N) is 1. The molecule has 7 heteroatoms. The predicted octanol–water partition coefficient (Wildman–Crippen LogP) is 8.51. The minimum absolute atomic E-state index is 0.260. The van der Waals surface area contributed by atoms with Crippen LogP contribution in [-0.2, 0) is 6.61 Å². The second-order valence-corrected chi connectivity index (χ2v) is 10.6. The molecular formula is C37H29ClN4O2. The molecule has 0 saturated carbocycles. The maximum absolute atomic E-state index is 13.2. The number of halogens is 1. The van der Waals surface area contributed by atoms with E-state index in [9.17, 15) is 4.79 Å². The van der Waals surface area contributed by atoms with Crippen LogP contribution in [0.2, 0.25) is 5.02 Å². The monoisotopic (exact) mass is 596 g/mol. The van der Waals surface area contributed by atoms with Crippen molar-refractivity contribution in [1.29, 1.82) is 0 Å². The molecule has 0 aliphatic carbocycles. The predicted molar refractivity (Wildman–Crippen MR) is 176 cm³/mol. The van der Waals surface area contributed by atoms with E-state index >= 15 is 0 Å². The summed E-state index contributed by atoms with van der Waals surface area (Å²) >= 11 is 6.21. The number of hydrogen-bond acceptors (Lipinski definition) is 4. The Morgan fingerprint density at radius 2 is 1.48 bits per heavy atom. The van der Waals surface area contributed by atoms with Gasteiger partial charge in [0.05, 0.1) is 17.6 Å². The van der Waals surface area contributed by atoms with Gasteiger partial charge in [-0.1, -0.05) is 103 Å². The van der Waals surface area contributed by atoms with E-state index in [1.165, 1.54) is 0 Å². The van der Waals surface area contributed by atoms with Gasteiger partial charge in [-0.2, -0.15) is 10.2 Å². The van der Waals surface area contributed by atoms with E-state index in [0.29, 0.717) is 17.4 Å². The van der Waals surface area contributed by atoms with Gasteiger partial charge in [0.25, 0.3) is 5.91 Å². The molecule has 44 heavy (non-hydrogen) atoms. The first-order chi connectivity index (χ1) is 21.5. The molecule has 0 aliphatic heterocycles. The van der Waals surface area contributed by atoms with Crippen LogP contribution in [0.4, 0.5) is 0 Å². The van der Waals surface area contributed by atoms with Gasteiger partial charge >= 0.3 is 0 Å². The molecule has 0 radical (unpaired) electrons. The summed E-state index contributed by atoms with van der Waals surface area (Å²) in [4.78, 5) is 13.2. The lowest BCUT2D eigenvalue weighted by atomic mass is 10.0. The zero-order chi connectivity index (χ0) is 30.3. The van der Waals surface area contributed by atoms with Crippen molar-refractivity contribution in [2.75, 3.05) is 0 Å². The van der Waals surface area contributed by atoms with Crippen molar-refractivity contribution < 1.29 is 9.53 Å². The molecule has 0 unspecified atom stereocenters. The summed E-state index contributed by atoms with van der Waals surface area (Å²) in [5.41, 5.74) is 10.5. The topological polar surface area (TPSA) is 68.5 Å². The third-order valence-electron chi connectivity index (χ3n) is 7.19. The van der Waals surface area contributed by atoms with Gasteiger partial charge in [-0.15, -0.1) is 0 Å². The number of carbonyl (C=O) groups excluding carboxylic acids is 1. The Balaban J connectivity index is 1.17. The molecular weight excluding hydrogens is 568 g/mol. The smallest absolute Gasteiger partial charge is 0.291 e. The number of hydrogen-bond donors (Lipinski definition) is 1. The van der Waals surface area contributed by atoms with Crippen molar-refractivity contribution in [2.45, 2.75) is 13.5 Å². The molecule has 5 aromatic carbocycles. The summed E-state index contributed by atoms with van der Waals surface area (Å²) in [7, 11) is 0. The molecule has 0 bridgehead atoms. The molecule has 0 spiro atoms. The molecule has 6 aromatic rings. The quantitative estimate of drug-likeness (QED) is 0.134. The first-order valence-corrected chi connectivity index (χ1v) is 14.5. The van der Waals surface area contributed by atoms with Gasteiger partial charge in [-0.05, 0) is 71.6 Å². The highest BCUT2D eigenvalue weighted by atomic mass is 35.5. The van der Waals surface area contributed by atoms with Crippen molar-refractivity contribution in [3.63, 3.8) is 0 Å². The van der Waals surface area contributed by atoms with E-state index < -0.39 is 5.91 Å². The number of para-hydroxylation sites is 1. The summed E-state index contributed by atoms with van der Waals surface area (Å²) in [5, 5.41) is 9.53. The molecule has 1 N–H and O–H groups in total. The van der Waals surface area contributed by atoms with Gasteiger partial charge < -0.3 is 4.74 Å². The fourth-order valence-corrected chi connectivity index (χ4v) is 4.99. The van der Waals surface area contributed by atoms with Gasteiger partial charge in [0, 0.05) is 16.1 Å². The van der Waals surface area contributed by atoms with Crippen LogP contribution in [-0.4, -0.2) is 21.9 Å². The highest BCUT2D eigenvalue weighted by Gasteiger charge is 2.18. The molecule has 0 atom stereocenters. The number of nitrogens with zero attached hydrogens (tertiary/aromatic N) is 3. The molecule has 216 valence electrons. The number of hydrazone groups is 1. The van der Waals surface area contributed by atoms with E-state index in [1.54, 1.807) is 12.3 Å². The Hall–Kier alpha value is -5.46. The Bertz CT molecular complexity index is 1910. The van der Waals surface area contributed by atoms with Crippen LogP contribution in [0.3, 0.4) is 0 Å². The summed E-state index contributed by atoms with van der Waals surface area (Å²) in [6.45, 7) is 2.40. The molecule has 0 saturated heterocycles. The van der Waals surface area contributed by atoms with Crippen molar-refractivity contribution in [3.8, 4) is 33.8 Å². The van der Waals surface area contributed by atoms with Crippen molar-refractivity contribution in [3.05, 3.63) is 161 Å². The average Bonchev–Trinajstić information content (AvgIpc) is 3.51.